The van der Waals surface area contributed by atoms with Crippen molar-refractivity contribution in [1.82, 2.24) is 0 Å². The molecule has 2 nitrogen and oxygen atoms in total. The first kappa shape index (κ1) is 13.0. The van der Waals surface area contributed by atoms with Crippen LogP contribution >= 0.6 is 0 Å². The van der Waals surface area contributed by atoms with E-state index in [9.17, 15) is 0 Å². The standard InChI is InChI=1S/C17H26N2/c1-3-13-5-8-16(9-6-13)19(2)17(12-18)11-14-4-7-15(17)10-14/h5-6,8-9,14-15H,3-4,7,10-12,18H2,1-2H3. The number of nitrogens with two attached hydrogens (primary N) is 1. The highest BCUT2D eigenvalue weighted by Gasteiger charge is 2.52. The molecule has 3 unspecified atom stereocenters. The Morgan fingerprint density at radius 2 is 2.00 bits per heavy atom. The zero-order valence-electron chi connectivity index (χ0n) is 12.2. The van der Waals surface area contributed by atoms with Gasteiger partial charge in [-0.1, -0.05) is 19.1 Å². The third-order valence-electron chi connectivity index (χ3n) is 5.70. The van der Waals surface area contributed by atoms with Crippen LogP contribution < -0.4 is 10.6 Å². The highest BCUT2D eigenvalue weighted by molar-refractivity contribution is 5.50. The van der Waals surface area contributed by atoms with Crippen LogP contribution in [0.1, 0.15) is 38.2 Å². The molecule has 0 spiro atoms. The molecule has 0 amide bonds. The monoisotopic (exact) mass is 258 g/mol. The average molecular weight is 258 g/mol. The Kier molecular flexibility index (Phi) is 3.30. The number of likely N-dealkylation sites (N-methyl/N-ethyl adjacent to an activating group) is 1. The molecule has 0 heterocycles. The molecule has 104 valence electrons. The molecule has 2 saturated carbocycles. The summed E-state index contributed by atoms with van der Waals surface area (Å²) in [6.07, 6.45) is 6.60. The molecule has 2 heteroatoms. The molecule has 0 saturated heterocycles. The van der Waals surface area contributed by atoms with Crippen LogP contribution in [0.15, 0.2) is 24.3 Å². The second-order valence-electron chi connectivity index (χ2n) is 6.47. The van der Waals surface area contributed by atoms with Gasteiger partial charge in [0.05, 0.1) is 5.54 Å². The minimum Gasteiger partial charge on any atom is -0.367 e. The summed E-state index contributed by atoms with van der Waals surface area (Å²) in [4.78, 5) is 2.48. The maximum Gasteiger partial charge on any atom is 0.0551 e. The third kappa shape index (κ3) is 1.97. The molecular formula is C17H26N2. The van der Waals surface area contributed by atoms with Crippen LogP contribution in [0.3, 0.4) is 0 Å². The van der Waals surface area contributed by atoms with E-state index in [2.05, 4.69) is 43.1 Å². The van der Waals surface area contributed by atoms with Gasteiger partial charge in [-0.15, -0.1) is 0 Å². The van der Waals surface area contributed by atoms with Crippen LogP contribution in [0.25, 0.3) is 0 Å². The summed E-state index contributed by atoms with van der Waals surface area (Å²) in [6, 6.07) is 9.04. The van der Waals surface area contributed by atoms with Crippen LogP contribution in [0.4, 0.5) is 5.69 Å². The first-order valence-corrected chi connectivity index (χ1v) is 7.72. The lowest BCUT2D eigenvalue weighted by Crippen LogP contribution is -2.56. The van der Waals surface area contributed by atoms with Gasteiger partial charge in [0.15, 0.2) is 0 Å². The number of fused-ring (bicyclic) bond motifs is 2. The fourth-order valence-corrected chi connectivity index (χ4v) is 4.43. The number of aryl methyl sites for hydroxylation is 1. The van der Waals surface area contributed by atoms with Crippen LogP contribution in [-0.4, -0.2) is 19.1 Å². The summed E-state index contributed by atoms with van der Waals surface area (Å²) in [7, 11) is 2.24. The maximum absolute atomic E-state index is 6.21. The molecule has 2 fully saturated rings. The van der Waals surface area contributed by atoms with Gasteiger partial charge in [0, 0.05) is 19.3 Å². The van der Waals surface area contributed by atoms with Crippen molar-refractivity contribution in [3.05, 3.63) is 29.8 Å². The van der Waals surface area contributed by atoms with Gasteiger partial charge in [-0.2, -0.15) is 0 Å². The summed E-state index contributed by atoms with van der Waals surface area (Å²) >= 11 is 0. The minimum atomic E-state index is 0.219. The number of anilines is 1. The van der Waals surface area contributed by atoms with Gasteiger partial charge in [-0.25, -0.2) is 0 Å². The Balaban J connectivity index is 1.86. The zero-order chi connectivity index (χ0) is 13.5. The summed E-state index contributed by atoms with van der Waals surface area (Å²) < 4.78 is 0. The topological polar surface area (TPSA) is 29.3 Å². The Morgan fingerprint density at radius 3 is 2.47 bits per heavy atom. The molecule has 1 aromatic carbocycles. The number of hydrogen-bond acceptors (Lipinski definition) is 2. The number of rotatable bonds is 4. The lowest BCUT2D eigenvalue weighted by Gasteiger charge is -2.46. The van der Waals surface area contributed by atoms with Gasteiger partial charge in [0.2, 0.25) is 0 Å². The first-order chi connectivity index (χ1) is 9.19. The van der Waals surface area contributed by atoms with Gasteiger partial charge >= 0.3 is 0 Å². The molecule has 2 aliphatic rings. The normalized spacial score (nSPS) is 32.8. The molecule has 3 rings (SSSR count). The van der Waals surface area contributed by atoms with E-state index in [1.807, 2.05) is 0 Å². The van der Waals surface area contributed by atoms with E-state index in [1.165, 1.54) is 36.9 Å². The quantitative estimate of drug-likeness (QED) is 0.898. The molecule has 2 aliphatic carbocycles. The average Bonchev–Trinajstić information content (AvgIpc) is 3.07. The van der Waals surface area contributed by atoms with Crippen molar-refractivity contribution in [3.63, 3.8) is 0 Å². The fraction of sp³-hybridized carbons (Fsp3) is 0.647. The van der Waals surface area contributed by atoms with E-state index in [1.54, 1.807) is 0 Å². The number of hydrogen-bond donors (Lipinski definition) is 1. The molecule has 19 heavy (non-hydrogen) atoms. The molecule has 0 radical (unpaired) electrons. The molecule has 0 aliphatic heterocycles. The van der Waals surface area contributed by atoms with Crippen molar-refractivity contribution in [2.24, 2.45) is 17.6 Å². The van der Waals surface area contributed by atoms with E-state index in [4.69, 9.17) is 5.73 Å². The molecular weight excluding hydrogens is 232 g/mol. The minimum absolute atomic E-state index is 0.219. The first-order valence-electron chi connectivity index (χ1n) is 7.72. The van der Waals surface area contributed by atoms with Crippen molar-refractivity contribution in [2.75, 3.05) is 18.5 Å². The second kappa shape index (κ2) is 4.82. The van der Waals surface area contributed by atoms with Crippen LogP contribution in [0.2, 0.25) is 0 Å². The van der Waals surface area contributed by atoms with Gasteiger partial charge in [-0.3, -0.25) is 0 Å². The maximum atomic E-state index is 6.21. The largest absolute Gasteiger partial charge is 0.367 e. The Hall–Kier alpha value is -1.02. The van der Waals surface area contributed by atoms with Crippen molar-refractivity contribution >= 4 is 5.69 Å². The predicted octanol–water partition coefficient (Wildman–Crippen LogP) is 3.20. The van der Waals surface area contributed by atoms with Crippen LogP contribution in [0, 0.1) is 11.8 Å². The number of benzene rings is 1. The van der Waals surface area contributed by atoms with Crippen molar-refractivity contribution < 1.29 is 0 Å². The highest BCUT2D eigenvalue weighted by Crippen LogP contribution is 2.53. The summed E-state index contributed by atoms with van der Waals surface area (Å²) in [5, 5.41) is 0. The smallest absolute Gasteiger partial charge is 0.0551 e. The second-order valence-corrected chi connectivity index (χ2v) is 6.47. The number of nitrogens with zero attached hydrogens (tertiary/aromatic N) is 1. The lowest BCUT2D eigenvalue weighted by atomic mass is 9.79. The molecule has 1 aromatic rings. The Labute approximate surface area is 117 Å². The van der Waals surface area contributed by atoms with Crippen molar-refractivity contribution in [2.45, 2.75) is 44.6 Å². The Bertz CT molecular complexity index is 439. The summed E-state index contributed by atoms with van der Waals surface area (Å²) in [5.74, 6) is 1.73. The zero-order valence-corrected chi connectivity index (χ0v) is 12.2. The van der Waals surface area contributed by atoms with E-state index >= 15 is 0 Å². The van der Waals surface area contributed by atoms with Crippen LogP contribution in [0.5, 0.6) is 0 Å². The molecule has 0 aromatic heterocycles. The summed E-state index contributed by atoms with van der Waals surface area (Å²) in [6.45, 7) is 3.00. The SMILES string of the molecule is CCc1ccc(N(C)C2(CN)CC3CCC2C3)cc1. The molecule has 2 bridgehead atoms. The van der Waals surface area contributed by atoms with E-state index in [0.29, 0.717) is 0 Å². The van der Waals surface area contributed by atoms with Gasteiger partial charge in [0.25, 0.3) is 0 Å². The highest BCUT2D eigenvalue weighted by atomic mass is 15.2. The van der Waals surface area contributed by atoms with E-state index in [0.717, 1.165) is 24.8 Å². The van der Waals surface area contributed by atoms with E-state index < -0.39 is 0 Å². The van der Waals surface area contributed by atoms with Crippen molar-refractivity contribution in [1.29, 1.82) is 0 Å². The molecule has 2 N–H and O–H groups in total. The summed E-state index contributed by atoms with van der Waals surface area (Å²) in [5.41, 5.74) is 9.16. The fourth-order valence-electron chi connectivity index (χ4n) is 4.43. The Morgan fingerprint density at radius 1 is 1.26 bits per heavy atom. The van der Waals surface area contributed by atoms with E-state index in [-0.39, 0.29) is 5.54 Å². The van der Waals surface area contributed by atoms with Gasteiger partial charge < -0.3 is 10.6 Å². The lowest BCUT2D eigenvalue weighted by molar-refractivity contribution is 0.267. The molecule has 3 atom stereocenters. The van der Waals surface area contributed by atoms with Gasteiger partial charge in [-0.05, 0) is 61.6 Å². The van der Waals surface area contributed by atoms with Crippen molar-refractivity contribution in [3.8, 4) is 0 Å². The van der Waals surface area contributed by atoms with Crippen LogP contribution in [-0.2, 0) is 6.42 Å². The van der Waals surface area contributed by atoms with Gasteiger partial charge in [0.1, 0.15) is 0 Å². The third-order valence-corrected chi connectivity index (χ3v) is 5.70. The predicted molar refractivity (Wildman–Crippen MR) is 81.5 cm³/mol.